The molecular weight excluding hydrogens is 228 g/mol. The molecule has 0 amide bonds. The highest BCUT2D eigenvalue weighted by Crippen LogP contribution is 2.37. The lowest BCUT2D eigenvalue weighted by molar-refractivity contribution is 0.0698. The van der Waals surface area contributed by atoms with Gasteiger partial charge in [0.2, 0.25) is 0 Å². The van der Waals surface area contributed by atoms with Gasteiger partial charge >= 0.3 is 5.97 Å². The Morgan fingerprint density at radius 3 is 2.94 bits per heavy atom. The molecule has 0 bridgehead atoms. The van der Waals surface area contributed by atoms with Gasteiger partial charge in [0.05, 0.1) is 22.9 Å². The van der Waals surface area contributed by atoms with Crippen LogP contribution in [-0.2, 0) is 0 Å². The van der Waals surface area contributed by atoms with Gasteiger partial charge in [-0.25, -0.2) is 9.78 Å². The minimum Gasteiger partial charge on any atom is -0.478 e. The van der Waals surface area contributed by atoms with Crippen molar-refractivity contribution < 1.29 is 9.90 Å². The molecule has 2 atom stereocenters. The van der Waals surface area contributed by atoms with Gasteiger partial charge in [-0.2, -0.15) is 0 Å². The second-order valence-electron chi connectivity index (χ2n) is 5.11. The summed E-state index contributed by atoms with van der Waals surface area (Å²) < 4.78 is 2.07. The lowest BCUT2D eigenvalue weighted by Crippen LogP contribution is -2.12. The van der Waals surface area contributed by atoms with Crippen LogP contribution in [0, 0.1) is 5.92 Å². The maximum absolute atomic E-state index is 11.3. The molecule has 1 aromatic heterocycles. The van der Waals surface area contributed by atoms with E-state index in [-0.39, 0.29) is 0 Å². The van der Waals surface area contributed by atoms with Crippen molar-refractivity contribution in [1.82, 2.24) is 9.55 Å². The van der Waals surface area contributed by atoms with Crippen molar-refractivity contribution in [3.05, 3.63) is 30.1 Å². The lowest BCUT2D eigenvalue weighted by Gasteiger charge is -2.18. The van der Waals surface area contributed by atoms with E-state index in [1.54, 1.807) is 18.5 Å². The predicted octanol–water partition coefficient (Wildman–Crippen LogP) is 3.10. The predicted molar refractivity (Wildman–Crippen MR) is 68.7 cm³/mol. The highest BCUT2D eigenvalue weighted by Gasteiger charge is 2.27. The van der Waals surface area contributed by atoms with Crippen LogP contribution in [0.5, 0.6) is 0 Å². The summed E-state index contributed by atoms with van der Waals surface area (Å²) in [5, 5.41) is 9.29. The first-order valence-electron chi connectivity index (χ1n) is 6.37. The molecule has 1 aliphatic rings. The number of carbonyl (C=O) groups is 1. The van der Waals surface area contributed by atoms with Crippen LogP contribution < -0.4 is 0 Å². The summed E-state index contributed by atoms with van der Waals surface area (Å²) in [4.78, 5) is 15.7. The molecule has 4 nitrogen and oxygen atoms in total. The maximum atomic E-state index is 11.3. The summed E-state index contributed by atoms with van der Waals surface area (Å²) in [6.07, 6.45) is 5.32. The number of nitrogens with zero attached hydrogens (tertiary/aromatic N) is 2. The van der Waals surface area contributed by atoms with Gasteiger partial charge < -0.3 is 9.67 Å². The molecule has 0 aliphatic heterocycles. The highest BCUT2D eigenvalue weighted by atomic mass is 16.4. The average Bonchev–Trinajstić information content (AvgIpc) is 2.94. The molecule has 1 fully saturated rings. The second kappa shape index (κ2) is 4.12. The number of aromatic carboxylic acids is 1. The molecule has 1 aliphatic carbocycles. The zero-order valence-electron chi connectivity index (χ0n) is 10.3. The zero-order valence-corrected chi connectivity index (χ0v) is 10.3. The molecule has 2 aromatic rings. The number of carboxylic acid groups (broad SMARTS) is 1. The van der Waals surface area contributed by atoms with E-state index in [4.69, 9.17) is 0 Å². The number of imidazole rings is 1. The van der Waals surface area contributed by atoms with Crippen LogP contribution in [0.1, 0.15) is 42.6 Å². The Balaban J connectivity index is 2.21. The Morgan fingerprint density at radius 2 is 2.28 bits per heavy atom. The van der Waals surface area contributed by atoms with Crippen LogP contribution in [-0.4, -0.2) is 20.6 Å². The Bertz CT molecular complexity index is 603. The SMILES string of the molecule is CC1CCCC1n1cnc2cccc(C(=O)O)c21. The minimum atomic E-state index is -0.881. The number of benzene rings is 1. The fourth-order valence-electron chi connectivity index (χ4n) is 3.05. The smallest absolute Gasteiger partial charge is 0.337 e. The molecule has 94 valence electrons. The number of hydrogen-bond acceptors (Lipinski definition) is 2. The average molecular weight is 244 g/mol. The standard InChI is InChI=1S/C14H16N2O2/c1-9-4-2-7-12(9)16-8-15-11-6-3-5-10(13(11)16)14(17)18/h3,5-6,8-9,12H,2,4,7H2,1H3,(H,17,18). The number of hydrogen-bond donors (Lipinski definition) is 1. The van der Waals surface area contributed by atoms with E-state index in [0.717, 1.165) is 17.5 Å². The van der Waals surface area contributed by atoms with Gasteiger partial charge in [0.15, 0.2) is 0 Å². The van der Waals surface area contributed by atoms with Crippen molar-refractivity contribution in [3.8, 4) is 0 Å². The Morgan fingerprint density at radius 1 is 1.44 bits per heavy atom. The molecule has 1 heterocycles. The second-order valence-corrected chi connectivity index (χ2v) is 5.11. The number of rotatable bonds is 2. The Labute approximate surface area is 105 Å². The molecule has 0 saturated heterocycles. The molecule has 3 rings (SSSR count). The van der Waals surface area contributed by atoms with E-state index < -0.39 is 5.97 Å². The molecule has 1 N–H and O–H groups in total. The van der Waals surface area contributed by atoms with E-state index in [0.29, 0.717) is 17.5 Å². The van der Waals surface area contributed by atoms with Crippen LogP contribution in [0.25, 0.3) is 11.0 Å². The van der Waals surface area contributed by atoms with Gasteiger partial charge in [0.1, 0.15) is 0 Å². The van der Waals surface area contributed by atoms with E-state index >= 15 is 0 Å². The van der Waals surface area contributed by atoms with E-state index in [1.807, 2.05) is 6.07 Å². The molecule has 1 aromatic carbocycles. The van der Waals surface area contributed by atoms with Crippen molar-refractivity contribution >= 4 is 17.0 Å². The van der Waals surface area contributed by atoms with E-state index in [9.17, 15) is 9.90 Å². The quantitative estimate of drug-likeness (QED) is 0.883. The van der Waals surface area contributed by atoms with E-state index in [1.165, 1.54) is 12.8 Å². The molecule has 0 spiro atoms. The fourth-order valence-corrected chi connectivity index (χ4v) is 3.05. The molecule has 1 saturated carbocycles. The summed E-state index contributed by atoms with van der Waals surface area (Å²) in [5.41, 5.74) is 1.89. The number of para-hydroxylation sites is 1. The number of fused-ring (bicyclic) bond motifs is 1. The highest BCUT2D eigenvalue weighted by molar-refractivity contribution is 6.01. The Hall–Kier alpha value is -1.84. The van der Waals surface area contributed by atoms with Crippen molar-refractivity contribution in [2.45, 2.75) is 32.2 Å². The topological polar surface area (TPSA) is 55.1 Å². The third-order valence-corrected chi connectivity index (χ3v) is 4.00. The first kappa shape index (κ1) is 11.3. The van der Waals surface area contributed by atoms with Crippen molar-refractivity contribution in [2.24, 2.45) is 5.92 Å². The van der Waals surface area contributed by atoms with Gasteiger partial charge in [-0.15, -0.1) is 0 Å². The van der Waals surface area contributed by atoms with E-state index in [2.05, 4.69) is 16.5 Å². The van der Waals surface area contributed by atoms with Gasteiger partial charge in [0.25, 0.3) is 0 Å². The summed E-state index contributed by atoms with van der Waals surface area (Å²) >= 11 is 0. The number of aromatic nitrogens is 2. The fraction of sp³-hybridized carbons (Fsp3) is 0.429. The van der Waals surface area contributed by atoms with Gasteiger partial charge in [-0.1, -0.05) is 19.4 Å². The van der Waals surface area contributed by atoms with Crippen LogP contribution in [0.15, 0.2) is 24.5 Å². The zero-order chi connectivity index (χ0) is 12.7. The molecule has 2 unspecified atom stereocenters. The van der Waals surface area contributed by atoms with Gasteiger partial charge in [-0.05, 0) is 30.9 Å². The summed E-state index contributed by atoms with van der Waals surface area (Å²) in [7, 11) is 0. The third kappa shape index (κ3) is 1.60. The first-order valence-corrected chi connectivity index (χ1v) is 6.37. The van der Waals surface area contributed by atoms with Crippen molar-refractivity contribution in [2.75, 3.05) is 0 Å². The van der Waals surface area contributed by atoms with Crippen LogP contribution in [0.3, 0.4) is 0 Å². The summed E-state index contributed by atoms with van der Waals surface area (Å²) in [6, 6.07) is 5.66. The molecule has 0 radical (unpaired) electrons. The van der Waals surface area contributed by atoms with Crippen LogP contribution in [0.2, 0.25) is 0 Å². The molecular formula is C14H16N2O2. The van der Waals surface area contributed by atoms with Crippen LogP contribution in [0.4, 0.5) is 0 Å². The van der Waals surface area contributed by atoms with Crippen LogP contribution >= 0.6 is 0 Å². The number of carboxylic acids is 1. The summed E-state index contributed by atoms with van der Waals surface area (Å²) in [5.74, 6) is -0.294. The first-order chi connectivity index (χ1) is 8.68. The maximum Gasteiger partial charge on any atom is 0.337 e. The van der Waals surface area contributed by atoms with Crippen molar-refractivity contribution in [3.63, 3.8) is 0 Å². The monoisotopic (exact) mass is 244 g/mol. The van der Waals surface area contributed by atoms with Gasteiger partial charge in [-0.3, -0.25) is 0 Å². The normalized spacial score (nSPS) is 23.6. The molecule has 18 heavy (non-hydrogen) atoms. The summed E-state index contributed by atoms with van der Waals surface area (Å²) in [6.45, 7) is 2.23. The Kier molecular flexibility index (Phi) is 2.58. The minimum absolute atomic E-state index is 0.351. The van der Waals surface area contributed by atoms with Gasteiger partial charge in [0, 0.05) is 6.04 Å². The van der Waals surface area contributed by atoms with Crippen molar-refractivity contribution in [1.29, 1.82) is 0 Å². The molecule has 4 heteroatoms. The third-order valence-electron chi connectivity index (χ3n) is 4.00. The largest absolute Gasteiger partial charge is 0.478 e. The lowest BCUT2D eigenvalue weighted by atomic mass is 10.1.